The maximum absolute atomic E-state index is 10.9. The second-order valence-electron chi connectivity index (χ2n) is 4.73. The Kier molecular flexibility index (Phi) is 3.34. The summed E-state index contributed by atoms with van der Waals surface area (Å²) in [7, 11) is 0. The number of amides is 1. The van der Waals surface area contributed by atoms with Crippen molar-refractivity contribution in [2.75, 3.05) is 19.6 Å². The molecule has 0 aromatic rings. The molecule has 1 heterocycles. The molecule has 1 amide bonds. The predicted octanol–water partition coefficient (Wildman–Crippen LogP) is 1.28. The van der Waals surface area contributed by atoms with E-state index in [0.29, 0.717) is 19.1 Å². The van der Waals surface area contributed by atoms with Crippen LogP contribution in [0, 0.1) is 11.3 Å². The van der Waals surface area contributed by atoms with Gasteiger partial charge in [-0.3, -0.25) is 4.90 Å². The first-order chi connectivity index (χ1) is 8.11. The molecular weight excluding hydrogens is 218 g/mol. The van der Waals surface area contributed by atoms with Crippen LogP contribution in [-0.4, -0.2) is 52.7 Å². The number of allylic oxidation sites excluding steroid dienone is 1. The molecule has 2 atom stereocenters. The van der Waals surface area contributed by atoms with E-state index in [2.05, 4.69) is 11.0 Å². The molecule has 0 radical (unpaired) electrons. The van der Waals surface area contributed by atoms with E-state index in [4.69, 9.17) is 10.4 Å². The van der Waals surface area contributed by atoms with Crippen LogP contribution in [0.3, 0.4) is 0 Å². The van der Waals surface area contributed by atoms with Crippen molar-refractivity contribution in [2.24, 2.45) is 0 Å². The molecule has 2 aliphatic rings. The number of nitriles is 1. The molecule has 0 saturated carbocycles. The smallest absolute Gasteiger partial charge is 0.407 e. The monoisotopic (exact) mass is 235 g/mol. The van der Waals surface area contributed by atoms with E-state index in [1.165, 1.54) is 4.90 Å². The highest BCUT2D eigenvalue weighted by Crippen LogP contribution is 2.25. The lowest BCUT2D eigenvalue weighted by molar-refractivity contribution is 0.0603. The Bertz CT molecular complexity index is 386. The van der Waals surface area contributed by atoms with Crippen molar-refractivity contribution in [3.05, 3.63) is 11.6 Å². The number of rotatable bonds is 1. The standard InChI is InChI=1S/C12H17N3O2/c1-9-8-14(12(16)17)4-5-15(9)11-3-2-10(6-11)7-13/h6,9,11H,2-5,8H2,1H3,(H,16,17)/t9-,11?/m1/s1. The van der Waals surface area contributed by atoms with Crippen LogP contribution in [0.1, 0.15) is 19.8 Å². The average Bonchev–Trinajstić information content (AvgIpc) is 2.77. The molecule has 0 spiro atoms. The summed E-state index contributed by atoms with van der Waals surface area (Å²) in [4.78, 5) is 14.7. The lowest BCUT2D eigenvalue weighted by Gasteiger charge is -2.41. The van der Waals surface area contributed by atoms with Crippen LogP contribution in [0.5, 0.6) is 0 Å². The van der Waals surface area contributed by atoms with Gasteiger partial charge in [0.2, 0.25) is 0 Å². The summed E-state index contributed by atoms with van der Waals surface area (Å²) in [5.41, 5.74) is 0.864. The Morgan fingerprint density at radius 1 is 1.59 bits per heavy atom. The number of carbonyl (C=O) groups is 1. The summed E-state index contributed by atoms with van der Waals surface area (Å²) in [5, 5.41) is 17.8. The molecule has 1 saturated heterocycles. The van der Waals surface area contributed by atoms with Crippen molar-refractivity contribution in [3.8, 4) is 6.07 Å². The minimum absolute atomic E-state index is 0.221. The van der Waals surface area contributed by atoms with Gasteiger partial charge in [-0.1, -0.05) is 6.08 Å². The molecular formula is C12H17N3O2. The molecule has 0 bridgehead atoms. The third kappa shape index (κ3) is 2.42. The zero-order valence-corrected chi connectivity index (χ0v) is 9.96. The second kappa shape index (κ2) is 4.76. The van der Waals surface area contributed by atoms with Gasteiger partial charge in [-0.25, -0.2) is 4.79 Å². The van der Waals surface area contributed by atoms with Crippen molar-refractivity contribution in [1.82, 2.24) is 9.80 Å². The summed E-state index contributed by atoms with van der Waals surface area (Å²) in [6.07, 6.45) is 3.04. The van der Waals surface area contributed by atoms with Crippen LogP contribution in [0.2, 0.25) is 0 Å². The van der Waals surface area contributed by atoms with Crippen LogP contribution < -0.4 is 0 Å². The van der Waals surface area contributed by atoms with Gasteiger partial charge in [0.05, 0.1) is 6.07 Å². The quantitative estimate of drug-likeness (QED) is 0.743. The van der Waals surface area contributed by atoms with Gasteiger partial charge in [0.15, 0.2) is 0 Å². The van der Waals surface area contributed by atoms with Crippen LogP contribution >= 0.6 is 0 Å². The fourth-order valence-electron chi connectivity index (χ4n) is 2.70. The fourth-order valence-corrected chi connectivity index (χ4v) is 2.70. The van der Waals surface area contributed by atoms with Crippen molar-refractivity contribution in [1.29, 1.82) is 5.26 Å². The van der Waals surface area contributed by atoms with E-state index in [9.17, 15) is 4.79 Å². The van der Waals surface area contributed by atoms with E-state index < -0.39 is 6.09 Å². The van der Waals surface area contributed by atoms with Crippen LogP contribution in [-0.2, 0) is 0 Å². The van der Waals surface area contributed by atoms with Crippen molar-refractivity contribution in [3.63, 3.8) is 0 Å². The van der Waals surface area contributed by atoms with E-state index in [-0.39, 0.29) is 6.04 Å². The normalized spacial score (nSPS) is 29.9. The molecule has 2 rings (SSSR count). The molecule has 1 unspecified atom stereocenters. The third-order valence-corrected chi connectivity index (χ3v) is 3.62. The topological polar surface area (TPSA) is 67.6 Å². The van der Waals surface area contributed by atoms with Crippen molar-refractivity contribution >= 4 is 6.09 Å². The maximum Gasteiger partial charge on any atom is 0.407 e. The molecule has 5 nitrogen and oxygen atoms in total. The number of carboxylic acid groups (broad SMARTS) is 1. The molecule has 0 aromatic heterocycles. The number of piperazine rings is 1. The summed E-state index contributed by atoms with van der Waals surface area (Å²) >= 11 is 0. The first-order valence-corrected chi connectivity index (χ1v) is 5.96. The first kappa shape index (κ1) is 11.9. The van der Waals surface area contributed by atoms with Crippen molar-refractivity contribution < 1.29 is 9.90 Å². The van der Waals surface area contributed by atoms with Gasteiger partial charge in [-0.05, 0) is 19.8 Å². The minimum Gasteiger partial charge on any atom is -0.465 e. The zero-order valence-electron chi connectivity index (χ0n) is 9.96. The van der Waals surface area contributed by atoms with Gasteiger partial charge in [0, 0.05) is 37.3 Å². The minimum atomic E-state index is -0.837. The summed E-state index contributed by atoms with van der Waals surface area (Å²) in [5.74, 6) is 0. The largest absolute Gasteiger partial charge is 0.465 e. The van der Waals surface area contributed by atoms with Crippen LogP contribution in [0.4, 0.5) is 4.79 Å². The number of hydrogen-bond acceptors (Lipinski definition) is 3. The van der Waals surface area contributed by atoms with E-state index in [1.807, 2.05) is 13.0 Å². The molecule has 1 aliphatic heterocycles. The Labute approximate surface area is 101 Å². The summed E-state index contributed by atoms with van der Waals surface area (Å²) in [6, 6.07) is 2.74. The average molecular weight is 235 g/mol. The van der Waals surface area contributed by atoms with E-state index in [0.717, 1.165) is 25.0 Å². The lowest BCUT2D eigenvalue weighted by Crippen LogP contribution is -2.55. The Morgan fingerprint density at radius 2 is 2.35 bits per heavy atom. The zero-order chi connectivity index (χ0) is 12.4. The molecule has 1 aliphatic carbocycles. The number of nitrogens with zero attached hydrogens (tertiary/aromatic N) is 3. The second-order valence-corrected chi connectivity index (χ2v) is 4.73. The maximum atomic E-state index is 10.9. The van der Waals surface area contributed by atoms with Gasteiger partial charge in [-0.15, -0.1) is 0 Å². The summed E-state index contributed by atoms with van der Waals surface area (Å²) in [6.45, 7) is 3.92. The summed E-state index contributed by atoms with van der Waals surface area (Å²) < 4.78 is 0. The highest BCUT2D eigenvalue weighted by molar-refractivity contribution is 5.65. The Hall–Kier alpha value is -1.54. The van der Waals surface area contributed by atoms with E-state index in [1.54, 1.807) is 0 Å². The third-order valence-electron chi connectivity index (χ3n) is 3.62. The van der Waals surface area contributed by atoms with Gasteiger partial charge >= 0.3 is 6.09 Å². The molecule has 17 heavy (non-hydrogen) atoms. The van der Waals surface area contributed by atoms with Crippen LogP contribution in [0.25, 0.3) is 0 Å². The van der Waals surface area contributed by atoms with Gasteiger partial charge < -0.3 is 10.0 Å². The molecule has 1 fully saturated rings. The first-order valence-electron chi connectivity index (χ1n) is 5.96. The van der Waals surface area contributed by atoms with Crippen LogP contribution in [0.15, 0.2) is 11.6 Å². The molecule has 5 heteroatoms. The molecule has 0 aromatic carbocycles. The van der Waals surface area contributed by atoms with E-state index >= 15 is 0 Å². The molecule has 1 N–H and O–H groups in total. The predicted molar refractivity (Wildman–Crippen MR) is 62.5 cm³/mol. The Morgan fingerprint density at radius 3 is 2.88 bits per heavy atom. The lowest BCUT2D eigenvalue weighted by atomic mass is 10.1. The molecule has 92 valence electrons. The van der Waals surface area contributed by atoms with Gasteiger partial charge in [-0.2, -0.15) is 5.26 Å². The SMILES string of the molecule is C[C@@H]1CN(C(=O)O)CCN1C1C=C(C#N)CC1. The highest BCUT2D eigenvalue weighted by Gasteiger charge is 2.32. The highest BCUT2D eigenvalue weighted by atomic mass is 16.4. The fraction of sp³-hybridized carbons (Fsp3) is 0.667. The number of hydrogen-bond donors (Lipinski definition) is 1. The Balaban J connectivity index is 1.99. The van der Waals surface area contributed by atoms with Gasteiger partial charge in [0.25, 0.3) is 0 Å². The van der Waals surface area contributed by atoms with Gasteiger partial charge in [0.1, 0.15) is 0 Å². The van der Waals surface area contributed by atoms with Crippen molar-refractivity contribution in [2.45, 2.75) is 31.8 Å².